The van der Waals surface area contributed by atoms with E-state index in [2.05, 4.69) is 10.3 Å². The summed E-state index contributed by atoms with van der Waals surface area (Å²) >= 11 is 3.21. The van der Waals surface area contributed by atoms with Crippen molar-refractivity contribution in [2.45, 2.75) is 4.34 Å². The molecule has 1 heterocycles. The van der Waals surface area contributed by atoms with Crippen molar-refractivity contribution in [3.05, 3.63) is 18.2 Å². The molecule has 0 saturated heterocycles. The number of thiazole rings is 1. The molecular formula is C9H9N3OS2. The van der Waals surface area contributed by atoms with Crippen molar-refractivity contribution in [1.82, 2.24) is 4.98 Å². The number of benzene rings is 1. The van der Waals surface area contributed by atoms with Crippen LogP contribution in [-0.2, 0) is 0 Å². The quantitative estimate of drug-likeness (QED) is 0.791. The number of anilines is 1. The van der Waals surface area contributed by atoms with Gasteiger partial charge in [-0.25, -0.2) is 9.78 Å². The summed E-state index contributed by atoms with van der Waals surface area (Å²) in [5, 5.41) is 2.54. The number of nitrogens with zero attached hydrogens (tertiary/aromatic N) is 1. The summed E-state index contributed by atoms with van der Waals surface area (Å²) in [5.74, 6) is 0. The number of nitrogens with one attached hydrogen (secondary N) is 1. The number of carbonyl (C=O) groups is 1. The number of primary amides is 1. The fraction of sp³-hybridized carbons (Fsp3) is 0.111. The van der Waals surface area contributed by atoms with E-state index in [4.69, 9.17) is 5.73 Å². The molecule has 0 unspecified atom stereocenters. The first kappa shape index (κ1) is 10.3. The van der Waals surface area contributed by atoms with Gasteiger partial charge in [0.05, 0.1) is 10.2 Å². The predicted octanol–water partition coefficient (Wildman–Crippen LogP) is 2.51. The molecule has 1 aromatic carbocycles. The fourth-order valence-corrected chi connectivity index (χ4v) is 2.74. The van der Waals surface area contributed by atoms with E-state index in [0.29, 0.717) is 5.69 Å². The highest BCUT2D eigenvalue weighted by molar-refractivity contribution is 8.00. The van der Waals surface area contributed by atoms with Crippen molar-refractivity contribution in [2.75, 3.05) is 11.6 Å². The smallest absolute Gasteiger partial charge is 0.316 e. The van der Waals surface area contributed by atoms with Crippen LogP contribution in [0.25, 0.3) is 10.2 Å². The maximum absolute atomic E-state index is 10.7. The lowest BCUT2D eigenvalue weighted by molar-refractivity contribution is 0.259. The lowest BCUT2D eigenvalue weighted by atomic mass is 10.3. The number of amides is 2. The molecule has 0 aliphatic rings. The molecule has 15 heavy (non-hydrogen) atoms. The highest BCUT2D eigenvalue weighted by Crippen LogP contribution is 2.29. The molecule has 0 radical (unpaired) electrons. The van der Waals surface area contributed by atoms with Crippen molar-refractivity contribution in [3.63, 3.8) is 0 Å². The van der Waals surface area contributed by atoms with Crippen LogP contribution in [0.2, 0.25) is 0 Å². The fourth-order valence-electron chi connectivity index (χ4n) is 1.21. The van der Waals surface area contributed by atoms with Crippen molar-refractivity contribution >= 4 is 45.0 Å². The zero-order valence-corrected chi connectivity index (χ0v) is 9.61. The van der Waals surface area contributed by atoms with Crippen molar-refractivity contribution in [1.29, 1.82) is 0 Å². The molecule has 4 nitrogen and oxygen atoms in total. The third-order valence-electron chi connectivity index (χ3n) is 1.81. The first-order valence-electron chi connectivity index (χ1n) is 4.20. The van der Waals surface area contributed by atoms with Crippen LogP contribution in [0.3, 0.4) is 0 Å². The molecule has 0 aliphatic heterocycles. The van der Waals surface area contributed by atoms with Gasteiger partial charge in [0.15, 0.2) is 4.34 Å². The van der Waals surface area contributed by atoms with Gasteiger partial charge in [-0.1, -0.05) is 11.8 Å². The Balaban J connectivity index is 2.41. The number of fused-ring (bicyclic) bond motifs is 1. The Bertz CT molecular complexity index is 509. The second-order valence-electron chi connectivity index (χ2n) is 2.86. The van der Waals surface area contributed by atoms with Crippen LogP contribution >= 0.6 is 23.1 Å². The van der Waals surface area contributed by atoms with Gasteiger partial charge < -0.3 is 11.1 Å². The number of thioether (sulfide) groups is 1. The van der Waals surface area contributed by atoms with E-state index in [1.54, 1.807) is 29.2 Å². The summed E-state index contributed by atoms with van der Waals surface area (Å²) in [7, 11) is 0. The molecule has 0 aliphatic carbocycles. The van der Waals surface area contributed by atoms with E-state index in [-0.39, 0.29) is 0 Å². The molecule has 0 bridgehead atoms. The van der Waals surface area contributed by atoms with Crippen LogP contribution in [0.4, 0.5) is 10.5 Å². The van der Waals surface area contributed by atoms with Crippen LogP contribution < -0.4 is 11.1 Å². The number of aromatic nitrogens is 1. The second kappa shape index (κ2) is 4.08. The summed E-state index contributed by atoms with van der Waals surface area (Å²) in [4.78, 5) is 15.0. The van der Waals surface area contributed by atoms with Crippen LogP contribution in [0.15, 0.2) is 22.5 Å². The zero-order valence-electron chi connectivity index (χ0n) is 7.98. The van der Waals surface area contributed by atoms with Gasteiger partial charge >= 0.3 is 6.03 Å². The molecule has 3 N–H and O–H groups in total. The summed E-state index contributed by atoms with van der Waals surface area (Å²) in [6.45, 7) is 0. The number of nitrogens with two attached hydrogens (primary N) is 1. The number of rotatable bonds is 2. The van der Waals surface area contributed by atoms with Gasteiger partial charge in [-0.05, 0) is 24.5 Å². The standard InChI is InChI=1S/C9H9N3OS2/c1-14-9-12-6-3-2-5(11-8(10)13)4-7(6)15-9/h2-4H,1H3,(H3,10,11,13). The average Bonchev–Trinajstić information content (AvgIpc) is 2.58. The van der Waals surface area contributed by atoms with Crippen LogP contribution in [0.5, 0.6) is 0 Å². The third-order valence-corrected chi connectivity index (χ3v) is 3.81. The van der Waals surface area contributed by atoms with E-state index in [0.717, 1.165) is 14.6 Å². The molecule has 6 heteroatoms. The molecule has 0 fully saturated rings. The minimum Gasteiger partial charge on any atom is -0.351 e. The first-order valence-corrected chi connectivity index (χ1v) is 6.24. The molecule has 2 rings (SSSR count). The number of urea groups is 1. The van der Waals surface area contributed by atoms with Crippen LogP contribution in [0.1, 0.15) is 0 Å². The first-order chi connectivity index (χ1) is 7.19. The number of hydrogen-bond donors (Lipinski definition) is 2. The molecule has 0 spiro atoms. The van der Waals surface area contributed by atoms with E-state index >= 15 is 0 Å². The third kappa shape index (κ3) is 2.21. The van der Waals surface area contributed by atoms with Crippen molar-refractivity contribution in [2.24, 2.45) is 5.73 Å². The maximum Gasteiger partial charge on any atom is 0.316 e. The minimum atomic E-state index is -0.552. The van der Waals surface area contributed by atoms with Gasteiger partial charge in [-0.15, -0.1) is 11.3 Å². The van der Waals surface area contributed by atoms with Gasteiger partial charge in [0.25, 0.3) is 0 Å². The molecule has 1 aromatic heterocycles. The van der Waals surface area contributed by atoms with E-state index in [9.17, 15) is 4.79 Å². The Kier molecular flexibility index (Phi) is 2.79. The minimum absolute atomic E-state index is 0.552. The molecule has 2 aromatic rings. The molecule has 0 atom stereocenters. The van der Waals surface area contributed by atoms with Crippen LogP contribution in [0, 0.1) is 0 Å². The lowest BCUT2D eigenvalue weighted by Crippen LogP contribution is -2.19. The van der Waals surface area contributed by atoms with Crippen molar-refractivity contribution in [3.8, 4) is 0 Å². The molecular weight excluding hydrogens is 230 g/mol. The number of hydrogen-bond acceptors (Lipinski definition) is 4. The van der Waals surface area contributed by atoms with Gasteiger partial charge in [0, 0.05) is 5.69 Å². The Morgan fingerprint density at radius 3 is 3.07 bits per heavy atom. The summed E-state index contributed by atoms with van der Waals surface area (Å²) < 4.78 is 2.06. The van der Waals surface area contributed by atoms with Gasteiger partial charge in [-0.3, -0.25) is 0 Å². The lowest BCUT2D eigenvalue weighted by Gasteiger charge is -1.99. The second-order valence-corrected chi connectivity index (χ2v) is 4.94. The Labute approximate surface area is 94.9 Å². The normalized spacial score (nSPS) is 10.5. The Hall–Kier alpha value is -1.27. The Morgan fingerprint density at radius 2 is 2.40 bits per heavy atom. The maximum atomic E-state index is 10.7. The van der Waals surface area contributed by atoms with Gasteiger partial charge in [0.1, 0.15) is 0 Å². The van der Waals surface area contributed by atoms with E-state index in [1.165, 1.54) is 0 Å². The summed E-state index contributed by atoms with van der Waals surface area (Å²) in [6, 6.07) is 4.98. The summed E-state index contributed by atoms with van der Waals surface area (Å²) in [6.07, 6.45) is 1.99. The number of carbonyl (C=O) groups excluding carboxylic acids is 1. The monoisotopic (exact) mass is 239 g/mol. The Morgan fingerprint density at radius 1 is 1.60 bits per heavy atom. The highest BCUT2D eigenvalue weighted by Gasteiger charge is 2.04. The summed E-state index contributed by atoms with van der Waals surface area (Å²) in [5.41, 5.74) is 6.68. The molecule has 2 amide bonds. The van der Waals surface area contributed by atoms with Gasteiger partial charge in [-0.2, -0.15) is 0 Å². The van der Waals surface area contributed by atoms with Crippen molar-refractivity contribution < 1.29 is 4.79 Å². The van der Waals surface area contributed by atoms with Gasteiger partial charge in [0.2, 0.25) is 0 Å². The average molecular weight is 239 g/mol. The largest absolute Gasteiger partial charge is 0.351 e. The molecule has 0 saturated carbocycles. The topological polar surface area (TPSA) is 68.0 Å². The van der Waals surface area contributed by atoms with E-state index in [1.807, 2.05) is 18.4 Å². The molecule has 78 valence electrons. The highest BCUT2D eigenvalue weighted by atomic mass is 32.2. The SMILES string of the molecule is CSc1nc2ccc(NC(N)=O)cc2s1. The predicted molar refractivity (Wildman–Crippen MR) is 64.6 cm³/mol. The van der Waals surface area contributed by atoms with E-state index < -0.39 is 6.03 Å². The van der Waals surface area contributed by atoms with Crippen LogP contribution in [-0.4, -0.2) is 17.3 Å². The zero-order chi connectivity index (χ0) is 10.8.